The Morgan fingerprint density at radius 2 is 2.00 bits per heavy atom. The fraction of sp³-hybridized carbons (Fsp3) is 0.154. The fourth-order valence-electron chi connectivity index (χ4n) is 1.49. The van der Waals surface area contributed by atoms with Crippen LogP contribution in [0.5, 0.6) is 0 Å². The molecule has 0 aliphatic carbocycles. The first kappa shape index (κ1) is 12.0. The Labute approximate surface area is 105 Å². The number of nitrogens with one attached hydrogen (secondary N) is 1. The molecule has 5 nitrogen and oxygen atoms in total. The monoisotopic (exact) mass is 243 g/mol. The number of carboxylic acids is 1. The van der Waals surface area contributed by atoms with Crippen molar-refractivity contribution in [3.8, 4) is 11.3 Å². The Hall–Kier alpha value is -2.43. The summed E-state index contributed by atoms with van der Waals surface area (Å²) in [5, 5.41) is 11.4. The van der Waals surface area contributed by atoms with Crippen LogP contribution in [0, 0.1) is 0 Å². The number of hydrogen-bond acceptors (Lipinski definition) is 4. The summed E-state index contributed by atoms with van der Waals surface area (Å²) in [7, 11) is 0. The lowest BCUT2D eigenvalue weighted by Gasteiger charge is -2.05. The van der Waals surface area contributed by atoms with Crippen molar-refractivity contribution in [1.82, 2.24) is 9.97 Å². The molecule has 1 aromatic heterocycles. The highest BCUT2D eigenvalue weighted by molar-refractivity contribution is 5.67. The molecule has 0 radical (unpaired) electrons. The number of rotatable bonds is 5. The van der Waals surface area contributed by atoms with Gasteiger partial charge < -0.3 is 10.4 Å². The van der Waals surface area contributed by atoms with Crippen molar-refractivity contribution in [1.29, 1.82) is 0 Å². The van der Waals surface area contributed by atoms with Crippen LogP contribution >= 0.6 is 0 Å². The second-order valence-electron chi connectivity index (χ2n) is 3.70. The Morgan fingerprint density at radius 1 is 1.22 bits per heavy atom. The van der Waals surface area contributed by atoms with Crippen molar-refractivity contribution in [2.45, 2.75) is 6.42 Å². The minimum Gasteiger partial charge on any atom is -0.481 e. The molecular weight excluding hydrogens is 230 g/mol. The van der Waals surface area contributed by atoms with Gasteiger partial charge in [-0.2, -0.15) is 0 Å². The molecule has 0 saturated carbocycles. The van der Waals surface area contributed by atoms with Gasteiger partial charge in [-0.15, -0.1) is 0 Å². The summed E-state index contributed by atoms with van der Waals surface area (Å²) in [6.45, 7) is 0.313. The molecule has 0 atom stereocenters. The lowest BCUT2D eigenvalue weighted by atomic mass is 10.1. The van der Waals surface area contributed by atoms with Gasteiger partial charge in [-0.25, -0.2) is 9.97 Å². The van der Waals surface area contributed by atoms with E-state index in [1.54, 1.807) is 6.20 Å². The largest absolute Gasteiger partial charge is 0.481 e. The summed E-state index contributed by atoms with van der Waals surface area (Å²) in [6.07, 6.45) is 1.69. The first-order valence-corrected chi connectivity index (χ1v) is 5.60. The normalized spacial score (nSPS) is 10.0. The van der Waals surface area contributed by atoms with Gasteiger partial charge in [0.1, 0.15) is 0 Å². The third-order valence-electron chi connectivity index (χ3n) is 2.35. The molecule has 0 aliphatic rings. The first-order valence-electron chi connectivity index (χ1n) is 5.60. The van der Waals surface area contributed by atoms with E-state index in [2.05, 4.69) is 15.3 Å². The summed E-state index contributed by atoms with van der Waals surface area (Å²) in [4.78, 5) is 18.8. The fourth-order valence-corrected chi connectivity index (χ4v) is 1.49. The number of carboxylic acid groups (broad SMARTS) is 1. The maximum absolute atomic E-state index is 10.4. The predicted octanol–water partition coefficient (Wildman–Crippen LogP) is 2.03. The maximum Gasteiger partial charge on any atom is 0.305 e. The molecule has 0 saturated heterocycles. The molecule has 18 heavy (non-hydrogen) atoms. The zero-order valence-electron chi connectivity index (χ0n) is 9.71. The van der Waals surface area contributed by atoms with Crippen molar-refractivity contribution in [2.75, 3.05) is 11.9 Å². The van der Waals surface area contributed by atoms with Gasteiger partial charge in [-0.1, -0.05) is 30.3 Å². The van der Waals surface area contributed by atoms with Crippen LogP contribution in [-0.4, -0.2) is 27.6 Å². The zero-order valence-corrected chi connectivity index (χ0v) is 9.71. The molecular formula is C13H13N3O2. The van der Waals surface area contributed by atoms with Gasteiger partial charge in [-0.05, 0) is 6.07 Å². The second-order valence-corrected chi connectivity index (χ2v) is 3.70. The molecule has 0 fully saturated rings. The quantitative estimate of drug-likeness (QED) is 0.840. The van der Waals surface area contributed by atoms with Gasteiger partial charge in [0.15, 0.2) is 0 Å². The van der Waals surface area contributed by atoms with Crippen LogP contribution < -0.4 is 5.32 Å². The summed E-state index contributed by atoms with van der Waals surface area (Å²) in [5.41, 5.74) is 1.81. The molecule has 5 heteroatoms. The van der Waals surface area contributed by atoms with E-state index in [4.69, 9.17) is 5.11 Å². The molecule has 1 aromatic carbocycles. The average molecular weight is 243 g/mol. The van der Waals surface area contributed by atoms with E-state index in [9.17, 15) is 4.79 Å². The van der Waals surface area contributed by atoms with Gasteiger partial charge in [0.05, 0.1) is 12.1 Å². The molecule has 0 unspecified atom stereocenters. The number of hydrogen-bond donors (Lipinski definition) is 2. The van der Waals surface area contributed by atoms with Crippen LogP contribution in [0.1, 0.15) is 6.42 Å². The summed E-state index contributed by atoms with van der Waals surface area (Å²) >= 11 is 0. The van der Waals surface area contributed by atoms with Gasteiger partial charge in [0.25, 0.3) is 0 Å². The van der Waals surface area contributed by atoms with Gasteiger partial charge in [0.2, 0.25) is 5.95 Å². The average Bonchev–Trinajstić information content (AvgIpc) is 2.40. The highest BCUT2D eigenvalue weighted by Gasteiger charge is 2.02. The smallest absolute Gasteiger partial charge is 0.305 e. The number of aliphatic carboxylic acids is 1. The maximum atomic E-state index is 10.4. The number of aromatic nitrogens is 2. The third-order valence-corrected chi connectivity index (χ3v) is 2.35. The highest BCUT2D eigenvalue weighted by atomic mass is 16.4. The third kappa shape index (κ3) is 3.28. The first-order chi connectivity index (χ1) is 8.75. The summed E-state index contributed by atoms with van der Waals surface area (Å²) in [5.74, 6) is -0.403. The molecule has 1 heterocycles. The molecule has 0 bridgehead atoms. The molecule has 0 spiro atoms. The van der Waals surface area contributed by atoms with Crippen LogP contribution in [0.25, 0.3) is 11.3 Å². The van der Waals surface area contributed by atoms with E-state index in [-0.39, 0.29) is 6.42 Å². The van der Waals surface area contributed by atoms with Crippen LogP contribution in [0.4, 0.5) is 5.95 Å². The van der Waals surface area contributed by atoms with Gasteiger partial charge >= 0.3 is 5.97 Å². The van der Waals surface area contributed by atoms with Crippen LogP contribution in [-0.2, 0) is 4.79 Å². The van der Waals surface area contributed by atoms with E-state index in [0.717, 1.165) is 11.3 Å². The predicted molar refractivity (Wildman–Crippen MR) is 68.2 cm³/mol. The minimum atomic E-state index is -0.846. The standard InChI is InChI=1S/C13H13N3O2/c17-12(18)7-9-15-13-14-8-6-11(16-13)10-4-2-1-3-5-10/h1-6,8H,7,9H2,(H,17,18)(H,14,15,16). The van der Waals surface area contributed by atoms with Crippen molar-refractivity contribution in [2.24, 2.45) is 0 Å². The summed E-state index contributed by atoms with van der Waals surface area (Å²) < 4.78 is 0. The molecule has 2 rings (SSSR count). The van der Waals surface area contributed by atoms with Crippen molar-refractivity contribution >= 4 is 11.9 Å². The van der Waals surface area contributed by atoms with Crippen molar-refractivity contribution in [3.63, 3.8) is 0 Å². The number of carbonyl (C=O) groups is 1. The zero-order chi connectivity index (χ0) is 12.8. The van der Waals surface area contributed by atoms with Crippen LogP contribution in [0.2, 0.25) is 0 Å². The second kappa shape index (κ2) is 5.77. The van der Waals surface area contributed by atoms with Crippen LogP contribution in [0.15, 0.2) is 42.6 Å². The number of anilines is 1. The minimum absolute atomic E-state index is 0.0406. The molecule has 2 aromatic rings. The molecule has 0 amide bonds. The Balaban J connectivity index is 2.08. The Morgan fingerprint density at radius 3 is 2.72 bits per heavy atom. The van der Waals surface area contributed by atoms with E-state index >= 15 is 0 Å². The number of benzene rings is 1. The molecule has 92 valence electrons. The van der Waals surface area contributed by atoms with E-state index in [1.165, 1.54) is 0 Å². The lowest BCUT2D eigenvalue weighted by Crippen LogP contribution is -2.09. The van der Waals surface area contributed by atoms with E-state index in [0.29, 0.717) is 12.5 Å². The SMILES string of the molecule is O=C(O)CCNc1nccc(-c2ccccc2)n1. The van der Waals surface area contributed by atoms with Crippen LogP contribution in [0.3, 0.4) is 0 Å². The Bertz CT molecular complexity index is 529. The molecule has 2 N–H and O–H groups in total. The van der Waals surface area contributed by atoms with E-state index < -0.39 is 5.97 Å². The van der Waals surface area contributed by atoms with Crippen molar-refractivity contribution in [3.05, 3.63) is 42.6 Å². The molecule has 0 aliphatic heterocycles. The van der Waals surface area contributed by atoms with E-state index in [1.807, 2.05) is 36.4 Å². The Kier molecular flexibility index (Phi) is 3.86. The lowest BCUT2D eigenvalue weighted by molar-refractivity contribution is -0.136. The number of nitrogens with zero attached hydrogens (tertiary/aromatic N) is 2. The van der Waals surface area contributed by atoms with Crippen molar-refractivity contribution < 1.29 is 9.90 Å². The van der Waals surface area contributed by atoms with Gasteiger partial charge in [0, 0.05) is 18.3 Å². The topological polar surface area (TPSA) is 75.1 Å². The van der Waals surface area contributed by atoms with Gasteiger partial charge in [-0.3, -0.25) is 4.79 Å². The summed E-state index contributed by atoms with van der Waals surface area (Å²) in [6, 6.07) is 11.6. The highest BCUT2D eigenvalue weighted by Crippen LogP contribution is 2.16.